The van der Waals surface area contributed by atoms with Crippen molar-refractivity contribution in [2.75, 3.05) is 38.1 Å². The molecule has 0 radical (unpaired) electrons. The molecule has 2 amide bonds. The number of hydrogen-bond acceptors (Lipinski definition) is 14. The number of fused-ring (bicyclic) bond motifs is 1. The van der Waals surface area contributed by atoms with Gasteiger partial charge in [-0.2, -0.15) is 0 Å². The molecule has 0 saturated carbocycles. The van der Waals surface area contributed by atoms with Crippen LogP contribution in [-0.4, -0.2) is 98.6 Å². The van der Waals surface area contributed by atoms with Crippen LogP contribution in [0.1, 0.15) is 35.3 Å². The van der Waals surface area contributed by atoms with Crippen molar-refractivity contribution in [2.45, 2.75) is 24.7 Å². The van der Waals surface area contributed by atoms with Crippen molar-refractivity contribution in [3.05, 3.63) is 47.1 Å². The summed E-state index contributed by atoms with van der Waals surface area (Å²) < 4.78 is 5.68. The van der Waals surface area contributed by atoms with Crippen molar-refractivity contribution < 1.29 is 49.1 Å². The lowest BCUT2D eigenvalue weighted by Gasteiger charge is -2.33. The van der Waals surface area contributed by atoms with Gasteiger partial charge in [-0.25, -0.2) is 19.7 Å². The van der Waals surface area contributed by atoms with E-state index in [1.807, 2.05) is 7.05 Å². The van der Waals surface area contributed by atoms with Crippen molar-refractivity contribution in [3.8, 4) is 0 Å². The number of piperazine rings is 1. The van der Waals surface area contributed by atoms with Crippen molar-refractivity contribution in [1.29, 1.82) is 0 Å². The molecule has 214 valence electrons. The zero-order chi connectivity index (χ0) is 29.6. The Hall–Kier alpha value is -4.41. The number of amides is 2. The normalized spacial score (nSPS) is 17.0. The third-order valence-electron chi connectivity index (χ3n) is 5.80. The van der Waals surface area contributed by atoms with Gasteiger partial charge in [-0.3, -0.25) is 9.78 Å². The number of rotatable bonds is 7. The fourth-order valence-corrected chi connectivity index (χ4v) is 3.84. The summed E-state index contributed by atoms with van der Waals surface area (Å²) in [6.07, 6.45) is 0.0663. The second kappa shape index (κ2) is 12.6. The largest absolute Gasteiger partial charge is 0.550 e. The molecule has 2 aromatic rings. The number of carboxylic acid groups (broad SMARTS) is 3. The van der Waals surface area contributed by atoms with Gasteiger partial charge < -0.3 is 49.3 Å². The number of carbonyl (C=O) groups is 5. The molecule has 2 aliphatic rings. The van der Waals surface area contributed by atoms with Crippen LogP contribution in [-0.2, 0) is 19.1 Å². The van der Waals surface area contributed by atoms with Crippen molar-refractivity contribution in [3.63, 3.8) is 0 Å². The molecule has 4 heterocycles. The topological polar surface area (TPSA) is 232 Å². The average Bonchev–Trinajstić information content (AvgIpc) is 3.15. The first-order chi connectivity index (χ1) is 18.8. The third-order valence-corrected chi connectivity index (χ3v) is 6.03. The number of hydrogen-bond donors (Lipinski definition) is 1. The van der Waals surface area contributed by atoms with Gasteiger partial charge in [0.1, 0.15) is 17.1 Å². The molecule has 0 unspecified atom stereocenters. The van der Waals surface area contributed by atoms with E-state index >= 15 is 0 Å². The van der Waals surface area contributed by atoms with Gasteiger partial charge in [-0.1, -0.05) is 11.6 Å². The second-order valence-electron chi connectivity index (χ2n) is 8.74. The number of pyridine rings is 1. The van der Waals surface area contributed by atoms with Crippen LogP contribution in [0.4, 0.5) is 10.6 Å². The number of ether oxygens (including phenoxy) is 1. The summed E-state index contributed by atoms with van der Waals surface area (Å²) in [5, 5.41) is 39.4. The number of carboxylic acids is 3. The first kappa shape index (κ1) is 30.1. The predicted molar refractivity (Wildman–Crippen MR) is 126 cm³/mol. The zero-order valence-electron chi connectivity index (χ0n) is 20.9. The molecule has 1 fully saturated rings. The fraction of sp³-hybridized carbons (Fsp3) is 0.391. The molecule has 0 bridgehead atoms. The van der Waals surface area contributed by atoms with Crippen molar-refractivity contribution >= 4 is 47.3 Å². The highest BCUT2D eigenvalue weighted by molar-refractivity contribution is 6.30. The summed E-state index contributed by atoms with van der Waals surface area (Å²) in [5.74, 6) is -6.11. The Balaban J connectivity index is 0.000000289. The molecule has 2 aromatic heterocycles. The molecule has 0 aliphatic carbocycles. The minimum atomic E-state index is -2.97. The van der Waals surface area contributed by atoms with Gasteiger partial charge in [0, 0.05) is 69.5 Å². The van der Waals surface area contributed by atoms with Gasteiger partial charge in [-0.15, -0.1) is 0 Å². The number of carbonyl (C=O) groups excluding carboxylic acids is 5. The SMILES string of the molecule is CN1CCN(C(=O)O[C@H]2c3nccnc3C(=O)N2c2ccc(Cl)cn2)CC1.O=C([O-])CC(O)(CC(=O)[O-])C(=O)[O-]. The molecule has 0 spiro atoms. The molecule has 1 saturated heterocycles. The van der Waals surface area contributed by atoms with E-state index in [0.29, 0.717) is 29.6 Å². The van der Waals surface area contributed by atoms with Gasteiger partial charge in [-0.05, 0) is 19.2 Å². The van der Waals surface area contributed by atoms with Gasteiger partial charge in [0.2, 0.25) is 6.23 Å². The molecule has 1 N–H and O–H groups in total. The number of likely N-dealkylation sites (N-methyl/N-ethyl adjacent to an activating group) is 1. The number of nitrogens with zero attached hydrogens (tertiary/aromatic N) is 6. The van der Waals surface area contributed by atoms with E-state index in [2.05, 4.69) is 19.9 Å². The Bertz CT molecular complexity index is 1270. The Morgan fingerprint density at radius 1 is 1.02 bits per heavy atom. The smallest absolute Gasteiger partial charge is 0.412 e. The van der Waals surface area contributed by atoms with E-state index in [9.17, 15) is 39.3 Å². The minimum Gasteiger partial charge on any atom is -0.550 e. The third kappa shape index (κ3) is 7.16. The van der Waals surface area contributed by atoms with Gasteiger partial charge in [0.15, 0.2) is 5.69 Å². The minimum absolute atomic E-state index is 0.144. The van der Waals surface area contributed by atoms with E-state index < -0.39 is 54.6 Å². The summed E-state index contributed by atoms with van der Waals surface area (Å²) in [4.78, 5) is 73.0. The number of aromatic nitrogens is 3. The molecule has 1 atom stereocenters. The van der Waals surface area contributed by atoms with Crippen LogP contribution in [0.2, 0.25) is 5.02 Å². The summed E-state index contributed by atoms with van der Waals surface area (Å²) in [7, 11) is 2.00. The Morgan fingerprint density at radius 2 is 1.62 bits per heavy atom. The maximum Gasteiger partial charge on any atom is 0.412 e. The number of anilines is 1. The van der Waals surface area contributed by atoms with Gasteiger partial charge >= 0.3 is 6.09 Å². The van der Waals surface area contributed by atoms with E-state index in [-0.39, 0.29) is 5.69 Å². The molecule has 4 rings (SSSR count). The molecule has 40 heavy (non-hydrogen) atoms. The van der Waals surface area contributed by atoms with E-state index in [1.54, 1.807) is 17.0 Å². The standard InChI is InChI=1S/C17H17ClN6O3.C6H8O7/c1-22-6-8-23(9-7-22)17(26)27-16-14-13(19-4-5-20-14)15(25)24(16)12-3-2-11(18)10-21-12;7-3(8)1-6(13,5(11)12)2-4(9)10/h2-5,10,16H,6-9H2,1H3;13H,1-2H2,(H,7,8)(H,9,10)(H,11,12)/p-3/t16-;/m0./s1. The van der Waals surface area contributed by atoms with Gasteiger partial charge in [0.05, 0.1) is 11.0 Å². The molecule has 2 aliphatic heterocycles. The van der Waals surface area contributed by atoms with Gasteiger partial charge in [0.25, 0.3) is 5.91 Å². The molecular formula is C23H22ClN6O10-3. The second-order valence-corrected chi connectivity index (χ2v) is 9.18. The molecule has 16 nitrogen and oxygen atoms in total. The molecule has 17 heteroatoms. The highest BCUT2D eigenvalue weighted by Gasteiger charge is 2.44. The molecular weight excluding hydrogens is 556 g/mol. The lowest BCUT2D eigenvalue weighted by atomic mass is 9.96. The Labute approximate surface area is 231 Å². The van der Waals surface area contributed by atoms with Crippen LogP contribution in [0.5, 0.6) is 0 Å². The van der Waals surface area contributed by atoms with Crippen LogP contribution in [0.15, 0.2) is 30.7 Å². The number of halogens is 1. The average molecular weight is 578 g/mol. The number of aliphatic carboxylic acids is 3. The Morgan fingerprint density at radius 3 is 2.15 bits per heavy atom. The van der Waals surface area contributed by atoms with E-state index in [1.165, 1.54) is 23.5 Å². The summed E-state index contributed by atoms with van der Waals surface area (Å²) in [6, 6.07) is 3.20. The molecule has 0 aromatic carbocycles. The first-order valence-electron chi connectivity index (χ1n) is 11.6. The predicted octanol–water partition coefficient (Wildman–Crippen LogP) is -3.68. The lowest BCUT2D eigenvalue weighted by molar-refractivity contribution is -0.339. The Kier molecular flexibility index (Phi) is 9.51. The van der Waals surface area contributed by atoms with Crippen molar-refractivity contribution in [1.82, 2.24) is 24.8 Å². The highest BCUT2D eigenvalue weighted by Crippen LogP contribution is 2.35. The fourth-order valence-electron chi connectivity index (χ4n) is 3.72. The van der Waals surface area contributed by atoms with Crippen LogP contribution in [0.25, 0.3) is 0 Å². The van der Waals surface area contributed by atoms with Crippen LogP contribution in [0, 0.1) is 0 Å². The van der Waals surface area contributed by atoms with E-state index in [0.717, 1.165) is 13.1 Å². The number of aliphatic hydroxyl groups is 1. The maximum absolute atomic E-state index is 12.8. The monoisotopic (exact) mass is 577 g/mol. The van der Waals surface area contributed by atoms with Crippen LogP contribution >= 0.6 is 11.6 Å². The summed E-state index contributed by atoms with van der Waals surface area (Å²) >= 11 is 5.89. The highest BCUT2D eigenvalue weighted by atomic mass is 35.5. The summed E-state index contributed by atoms with van der Waals surface area (Å²) in [5.41, 5.74) is -2.54. The maximum atomic E-state index is 12.8. The zero-order valence-corrected chi connectivity index (χ0v) is 21.6. The quantitative estimate of drug-likeness (QED) is 0.334. The summed E-state index contributed by atoms with van der Waals surface area (Å²) in [6.45, 7) is 2.64. The first-order valence-corrected chi connectivity index (χ1v) is 11.9. The lowest BCUT2D eigenvalue weighted by Crippen LogP contribution is -2.54. The van der Waals surface area contributed by atoms with Crippen LogP contribution < -0.4 is 20.2 Å². The van der Waals surface area contributed by atoms with Crippen LogP contribution in [0.3, 0.4) is 0 Å². The van der Waals surface area contributed by atoms with Crippen molar-refractivity contribution in [2.24, 2.45) is 0 Å². The van der Waals surface area contributed by atoms with E-state index in [4.69, 9.17) is 21.4 Å².